The van der Waals surface area contributed by atoms with Gasteiger partial charge in [-0.1, -0.05) is 50.3 Å². The summed E-state index contributed by atoms with van der Waals surface area (Å²) in [5, 5.41) is 30.1. The maximum absolute atomic E-state index is 12.6. The molecule has 10 nitrogen and oxygen atoms in total. The number of hydrogen-bond donors (Lipinski definition) is 4. The molecule has 0 radical (unpaired) electrons. The number of aromatic hydroxyl groups is 2. The third-order valence-corrected chi connectivity index (χ3v) is 17.7. The molecule has 4 N–H and O–H groups in total. The molecule has 14 rings (SSSR count). The van der Waals surface area contributed by atoms with Crippen molar-refractivity contribution in [1.82, 2.24) is 0 Å². The summed E-state index contributed by atoms with van der Waals surface area (Å²) in [5.74, 6) is 1.38. The second-order valence-corrected chi connectivity index (χ2v) is 19.7. The number of carbonyl (C=O) groups is 3. The molecule has 2 unspecified atom stereocenters. The van der Waals surface area contributed by atoms with E-state index in [1.807, 2.05) is 0 Å². The lowest BCUT2D eigenvalue weighted by molar-refractivity contribution is -0.923. The quantitative estimate of drug-likeness (QED) is 0.338. The van der Waals surface area contributed by atoms with Crippen molar-refractivity contribution < 1.29 is 49.0 Å². The number of nitrogens with one attached hydrogen (secondary N) is 2. The fraction of sp³-hybridized carbons (Fsp3) is 0.587. The monoisotopic (exact) mass is 763 g/mol. The maximum atomic E-state index is 12.6. The van der Waals surface area contributed by atoms with Crippen molar-refractivity contribution in [2.24, 2.45) is 33.5 Å². The summed E-state index contributed by atoms with van der Waals surface area (Å²) < 4.78 is 13.2. The molecule has 4 spiro atoms. The lowest BCUT2D eigenvalue weighted by Crippen LogP contribution is -3.18. The van der Waals surface area contributed by atoms with Crippen molar-refractivity contribution in [3.63, 3.8) is 0 Å². The Hall–Kier alpha value is -4.15. The molecule has 4 aliphatic heterocycles. The molecular weight excluding hydrogens is 709 g/mol. The van der Waals surface area contributed by atoms with Crippen LogP contribution in [0.3, 0.4) is 0 Å². The second-order valence-electron chi connectivity index (χ2n) is 19.7. The minimum Gasteiger partial charge on any atom is -0.550 e. The van der Waals surface area contributed by atoms with Crippen LogP contribution in [0.15, 0.2) is 48.6 Å². The van der Waals surface area contributed by atoms with Crippen LogP contribution in [0.1, 0.15) is 82.6 Å². The molecule has 12 aliphatic rings. The molecule has 2 aromatic carbocycles. The number of fused-ring (bicyclic) bond motifs is 2. The number of rotatable bonds is 2. The van der Waals surface area contributed by atoms with Crippen LogP contribution in [0, 0.1) is 33.5 Å². The zero-order valence-corrected chi connectivity index (χ0v) is 33.6. The number of benzene rings is 2. The Morgan fingerprint density at radius 1 is 0.679 bits per heavy atom. The lowest BCUT2D eigenvalue weighted by atomic mass is 9.35. The zero-order chi connectivity index (χ0) is 39.7. The Morgan fingerprint density at radius 2 is 1.05 bits per heavy atom. The zero-order valence-electron chi connectivity index (χ0n) is 33.6. The number of likely N-dealkylation sites (N-methyl/N-ethyl adjacent to an activating group) is 2. The van der Waals surface area contributed by atoms with E-state index in [0.29, 0.717) is 23.6 Å². The number of carbonyl (C=O) groups excluding carboxylic acids is 3. The molecule has 10 heteroatoms. The summed E-state index contributed by atoms with van der Waals surface area (Å²) >= 11 is 0. The number of hydrogen-bond acceptors (Lipinski definition) is 8. The van der Waals surface area contributed by atoms with Gasteiger partial charge in [0, 0.05) is 65.4 Å². The summed E-state index contributed by atoms with van der Waals surface area (Å²) in [6.45, 7) is 11.1. The van der Waals surface area contributed by atoms with Gasteiger partial charge in [-0.3, -0.25) is 9.59 Å². The predicted molar refractivity (Wildman–Crippen MR) is 204 cm³/mol. The normalized spacial score (nSPS) is 45.8. The van der Waals surface area contributed by atoms with E-state index in [1.165, 1.54) is 22.3 Å². The highest BCUT2D eigenvalue weighted by molar-refractivity contribution is 5.82. The molecule has 2 saturated carbocycles. The first-order chi connectivity index (χ1) is 26.4. The Labute approximate surface area is 328 Å². The van der Waals surface area contributed by atoms with Crippen LogP contribution in [0.25, 0.3) is 0 Å². The molecule has 8 aliphatic carbocycles. The van der Waals surface area contributed by atoms with Gasteiger partial charge in [0.15, 0.2) is 23.0 Å². The minimum absolute atomic E-state index is 0.00275. The van der Waals surface area contributed by atoms with Gasteiger partial charge in [0.05, 0.1) is 48.8 Å². The van der Waals surface area contributed by atoms with Crippen LogP contribution >= 0.6 is 0 Å². The van der Waals surface area contributed by atoms with Crippen LogP contribution in [0.5, 0.6) is 23.0 Å². The van der Waals surface area contributed by atoms with E-state index in [9.17, 15) is 19.8 Å². The number of Topliss-reactive ketones (excluding diaryl/α,β-unsaturated/α-hetero) is 2. The smallest absolute Gasteiger partial charge is 0.165 e. The van der Waals surface area contributed by atoms with Crippen LogP contribution in [-0.2, 0) is 38.1 Å². The van der Waals surface area contributed by atoms with Gasteiger partial charge in [-0.2, -0.15) is 0 Å². The summed E-state index contributed by atoms with van der Waals surface area (Å²) in [5.41, 5.74) is 4.36. The number of ketones is 2. The van der Waals surface area contributed by atoms with Gasteiger partial charge in [0.2, 0.25) is 0 Å². The molecule has 56 heavy (non-hydrogen) atoms. The van der Waals surface area contributed by atoms with Crippen molar-refractivity contribution in [2.45, 2.75) is 108 Å². The van der Waals surface area contributed by atoms with Gasteiger partial charge < -0.3 is 39.4 Å². The van der Waals surface area contributed by atoms with Gasteiger partial charge >= 0.3 is 0 Å². The molecule has 0 amide bonds. The number of likely N-dealkylation sites (tertiary alicyclic amines) is 2. The van der Waals surface area contributed by atoms with Crippen molar-refractivity contribution in [3.8, 4) is 23.0 Å². The van der Waals surface area contributed by atoms with Crippen LogP contribution < -0.4 is 24.4 Å². The average molecular weight is 764 g/mol. The molecule has 2 aromatic rings. The van der Waals surface area contributed by atoms with Crippen LogP contribution in [0.2, 0.25) is 0 Å². The fourth-order valence-electron chi connectivity index (χ4n) is 15.5. The number of quaternary nitrogens is 2. The highest BCUT2D eigenvalue weighted by Gasteiger charge is 2.81. The molecule has 4 fully saturated rings. The molecule has 2 saturated heterocycles. The standard InChI is InChI=1S/2C22H25NO3.C2H4O2/c2*1-12(24)14-11-21-7-6-20(14,2)19-22(21)8-9-23(3)16(21)10-13-4-5-15(25)18(26-19)17(13)22;1-2(3)4/h2*4-7,14,16,19,25H,8-11H2,1-3H3;1H3,(H,3,4)/p+1/t2*14-,16+,19-,20-,21+,22-;/m00./s1. The summed E-state index contributed by atoms with van der Waals surface area (Å²) in [6, 6.07) is 8.74. The van der Waals surface area contributed by atoms with Gasteiger partial charge in [0.1, 0.15) is 35.9 Å². The van der Waals surface area contributed by atoms with E-state index in [2.05, 4.69) is 64.4 Å². The van der Waals surface area contributed by atoms with Crippen LogP contribution in [-0.4, -0.2) is 79.2 Å². The third kappa shape index (κ3) is 3.85. The largest absolute Gasteiger partial charge is 0.550 e. The maximum Gasteiger partial charge on any atom is 0.165 e. The summed E-state index contributed by atoms with van der Waals surface area (Å²) in [4.78, 5) is 37.3. The van der Waals surface area contributed by atoms with E-state index in [0.717, 1.165) is 58.5 Å². The lowest BCUT2D eigenvalue weighted by Gasteiger charge is -2.69. The molecular formula is C46H55N2O8+. The fourth-order valence-corrected chi connectivity index (χ4v) is 15.5. The summed E-state index contributed by atoms with van der Waals surface area (Å²) in [7, 11) is 4.62. The first-order valence-corrected chi connectivity index (χ1v) is 20.7. The number of carboxylic acids is 1. The van der Waals surface area contributed by atoms with Gasteiger partial charge in [0.25, 0.3) is 0 Å². The van der Waals surface area contributed by atoms with Crippen molar-refractivity contribution in [2.75, 3.05) is 27.2 Å². The highest BCUT2D eigenvalue weighted by atomic mass is 16.5. The van der Waals surface area contributed by atoms with E-state index in [4.69, 9.17) is 19.4 Å². The second kappa shape index (κ2) is 11.1. The average Bonchev–Trinajstić information content (AvgIpc) is 3.71. The first kappa shape index (κ1) is 36.2. The van der Waals surface area contributed by atoms with Gasteiger partial charge in [-0.25, -0.2) is 0 Å². The van der Waals surface area contributed by atoms with E-state index >= 15 is 0 Å². The number of aliphatic carboxylic acids is 1. The van der Waals surface area contributed by atoms with Gasteiger partial charge in [-0.15, -0.1) is 0 Å². The minimum atomic E-state index is -1.08. The molecule has 8 bridgehead atoms. The predicted octanol–water partition coefficient (Wildman–Crippen LogP) is 1.57. The Balaban J connectivity index is 0.000000126. The van der Waals surface area contributed by atoms with Crippen molar-refractivity contribution >= 4 is 17.5 Å². The van der Waals surface area contributed by atoms with Crippen molar-refractivity contribution in [3.05, 3.63) is 70.8 Å². The van der Waals surface area contributed by atoms with Gasteiger partial charge in [-0.05, 0) is 56.9 Å². The Kier molecular flexibility index (Phi) is 7.16. The first-order valence-electron chi connectivity index (χ1n) is 20.7. The Morgan fingerprint density at radius 3 is 1.41 bits per heavy atom. The molecule has 0 aromatic heterocycles. The van der Waals surface area contributed by atoms with Crippen molar-refractivity contribution in [1.29, 1.82) is 0 Å². The van der Waals surface area contributed by atoms with E-state index in [1.54, 1.807) is 35.8 Å². The molecule has 296 valence electrons. The van der Waals surface area contributed by atoms with Crippen LogP contribution in [0.4, 0.5) is 0 Å². The number of carboxylic acid groups (broad SMARTS) is 1. The van der Waals surface area contributed by atoms with E-state index < -0.39 is 5.97 Å². The topological polar surface area (TPSA) is 142 Å². The van der Waals surface area contributed by atoms with E-state index in [-0.39, 0.29) is 79.6 Å². The molecule has 4 heterocycles. The number of phenolic OH excluding ortho intramolecular Hbond substituents is 2. The number of phenols is 2. The highest BCUT2D eigenvalue weighted by Crippen LogP contribution is 2.76. The SMILES string of the molecule is CC(=O)[C@@H]1C[C@@]23C=C[C@]1(C)[C@@H]1Oc4c(O)ccc5c4[C@@]12CC[NH+](C)[C@@H]3C5.CC(=O)[C@@H]1C[C@@]23C=C[C@]1(C)[C@@H]1Oc4c(O)ccc5c4[C@@]12CC[NH+](C)[C@@H]3C5.CC(=O)[O-]. The third-order valence-electron chi connectivity index (χ3n) is 17.7. The number of piperidine rings is 2. The summed E-state index contributed by atoms with van der Waals surface area (Å²) in [6.07, 6.45) is 15.4. The number of ether oxygens (including phenoxy) is 2. The Bertz CT molecular complexity index is 2060. The molecule has 14 atom stereocenters.